The Labute approximate surface area is 125 Å². The van der Waals surface area contributed by atoms with Crippen molar-refractivity contribution in [2.45, 2.75) is 50.7 Å². The number of ether oxygens (including phenoxy) is 1. The van der Waals surface area contributed by atoms with Gasteiger partial charge < -0.3 is 14.6 Å². The molecule has 1 aliphatic carbocycles. The topological polar surface area (TPSA) is 56.1 Å². The van der Waals surface area contributed by atoms with Crippen LogP contribution < -0.4 is 5.32 Å². The predicted molar refractivity (Wildman–Crippen MR) is 79.6 cm³/mol. The molecule has 2 atom stereocenters. The highest BCUT2D eigenvalue weighted by Gasteiger charge is 2.33. The molecule has 114 valence electrons. The number of imidazole rings is 1. The van der Waals surface area contributed by atoms with Gasteiger partial charge in [-0.2, -0.15) is 0 Å². The van der Waals surface area contributed by atoms with Gasteiger partial charge in [-0.3, -0.25) is 4.79 Å². The van der Waals surface area contributed by atoms with Crippen LogP contribution in [0.4, 0.5) is 0 Å². The first-order valence-corrected chi connectivity index (χ1v) is 7.84. The molecule has 0 spiro atoms. The van der Waals surface area contributed by atoms with Crippen molar-refractivity contribution in [3.05, 3.63) is 29.9 Å². The third-order valence-electron chi connectivity index (χ3n) is 4.35. The molecule has 21 heavy (non-hydrogen) atoms. The van der Waals surface area contributed by atoms with E-state index in [2.05, 4.69) is 16.4 Å². The summed E-state index contributed by atoms with van der Waals surface area (Å²) in [7, 11) is 1.96. The van der Waals surface area contributed by atoms with Crippen molar-refractivity contribution in [1.82, 2.24) is 14.9 Å². The van der Waals surface area contributed by atoms with Crippen molar-refractivity contribution in [3.8, 4) is 0 Å². The molecule has 2 heterocycles. The fourth-order valence-corrected chi connectivity index (χ4v) is 3.13. The Morgan fingerprint density at radius 1 is 1.43 bits per heavy atom. The maximum atomic E-state index is 12.4. The van der Waals surface area contributed by atoms with Crippen LogP contribution in [-0.4, -0.2) is 28.1 Å². The quantitative estimate of drug-likeness (QED) is 0.928. The average molecular weight is 289 g/mol. The summed E-state index contributed by atoms with van der Waals surface area (Å²) in [6.45, 7) is 0.668. The average Bonchev–Trinajstić information content (AvgIpc) is 2.99. The summed E-state index contributed by atoms with van der Waals surface area (Å²) >= 11 is 0. The number of hydrogen-bond acceptors (Lipinski definition) is 3. The van der Waals surface area contributed by atoms with Crippen LogP contribution in [0.2, 0.25) is 0 Å². The zero-order valence-electron chi connectivity index (χ0n) is 12.5. The number of rotatable bonds is 3. The molecule has 1 aromatic heterocycles. The summed E-state index contributed by atoms with van der Waals surface area (Å²) in [5.41, 5.74) is 0.943. The summed E-state index contributed by atoms with van der Waals surface area (Å²) in [6, 6.07) is 0.0164. The van der Waals surface area contributed by atoms with E-state index >= 15 is 0 Å². The van der Waals surface area contributed by atoms with Crippen LogP contribution >= 0.6 is 0 Å². The minimum absolute atomic E-state index is 0.0164. The SMILES string of the molecule is Cn1ccnc1[C@H]1OCC[C@@H]1NC(=O)C1=CCCCCC1. The van der Waals surface area contributed by atoms with Crippen LogP contribution in [0.25, 0.3) is 0 Å². The van der Waals surface area contributed by atoms with Crippen molar-refractivity contribution >= 4 is 5.91 Å². The number of nitrogens with zero attached hydrogens (tertiary/aromatic N) is 2. The summed E-state index contributed by atoms with van der Waals surface area (Å²) in [6.07, 6.45) is 11.9. The van der Waals surface area contributed by atoms with Crippen LogP contribution in [0.3, 0.4) is 0 Å². The van der Waals surface area contributed by atoms with Crippen LogP contribution in [0.5, 0.6) is 0 Å². The number of allylic oxidation sites excluding steroid dienone is 1. The molecule has 2 aliphatic rings. The van der Waals surface area contributed by atoms with Crippen LogP contribution in [0, 0.1) is 0 Å². The van der Waals surface area contributed by atoms with Crippen molar-refractivity contribution < 1.29 is 9.53 Å². The molecule has 1 aliphatic heterocycles. The maximum Gasteiger partial charge on any atom is 0.247 e. The second-order valence-corrected chi connectivity index (χ2v) is 5.89. The van der Waals surface area contributed by atoms with Crippen LogP contribution in [0.1, 0.15) is 50.5 Å². The van der Waals surface area contributed by atoms with Gasteiger partial charge in [0.15, 0.2) is 0 Å². The smallest absolute Gasteiger partial charge is 0.247 e. The van der Waals surface area contributed by atoms with Gasteiger partial charge in [-0.15, -0.1) is 0 Å². The summed E-state index contributed by atoms with van der Waals surface area (Å²) in [5.74, 6) is 0.958. The standard InChI is InChI=1S/C16H23N3O2/c1-19-10-9-17-15(19)14-13(8-11-21-14)18-16(20)12-6-4-2-3-5-7-12/h6,9-10,13-14H,2-5,7-8,11H2,1H3,(H,18,20)/t13-,14-/m0/s1. The minimum Gasteiger partial charge on any atom is -0.368 e. The lowest BCUT2D eigenvalue weighted by atomic mass is 10.1. The summed E-state index contributed by atoms with van der Waals surface area (Å²) < 4.78 is 7.74. The van der Waals surface area contributed by atoms with Gasteiger partial charge in [0.05, 0.1) is 6.04 Å². The third-order valence-corrected chi connectivity index (χ3v) is 4.35. The molecular weight excluding hydrogens is 266 g/mol. The van der Waals surface area contributed by atoms with Crippen molar-refractivity contribution in [3.63, 3.8) is 0 Å². The fraction of sp³-hybridized carbons (Fsp3) is 0.625. The number of aromatic nitrogens is 2. The largest absolute Gasteiger partial charge is 0.368 e. The molecule has 1 saturated heterocycles. The fourth-order valence-electron chi connectivity index (χ4n) is 3.13. The van der Waals surface area contributed by atoms with E-state index < -0.39 is 0 Å². The highest BCUT2D eigenvalue weighted by atomic mass is 16.5. The summed E-state index contributed by atoms with van der Waals surface area (Å²) in [4.78, 5) is 16.8. The normalized spacial score (nSPS) is 26.2. The molecule has 0 saturated carbocycles. The van der Waals surface area contributed by atoms with Gasteiger partial charge in [0.25, 0.3) is 0 Å². The minimum atomic E-state index is -0.139. The van der Waals surface area contributed by atoms with E-state index in [0.29, 0.717) is 6.61 Å². The zero-order valence-corrected chi connectivity index (χ0v) is 12.5. The molecule has 5 heteroatoms. The number of nitrogens with one attached hydrogen (secondary N) is 1. The van der Waals surface area contributed by atoms with Gasteiger partial charge >= 0.3 is 0 Å². The van der Waals surface area contributed by atoms with Gasteiger partial charge in [-0.05, 0) is 32.1 Å². The second kappa shape index (κ2) is 6.43. The van der Waals surface area contributed by atoms with Crippen LogP contribution in [-0.2, 0) is 16.6 Å². The lowest BCUT2D eigenvalue weighted by Crippen LogP contribution is -2.38. The summed E-state index contributed by atoms with van der Waals surface area (Å²) in [5, 5.41) is 3.16. The van der Waals surface area contributed by atoms with Gasteiger partial charge in [0.2, 0.25) is 5.91 Å². The molecule has 1 amide bonds. The van der Waals surface area contributed by atoms with Crippen LogP contribution in [0.15, 0.2) is 24.0 Å². The highest BCUT2D eigenvalue weighted by Crippen LogP contribution is 2.28. The van der Waals surface area contributed by atoms with Gasteiger partial charge in [0, 0.05) is 31.6 Å². The Hall–Kier alpha value is -1.62. The first kappa shape index (κ1) is 14.3. The monoisotopic (exact) mass is 289 g/mol. The number of aryl methyl sites for hydroxylation is 1. The van der Waals surface area contributed by atoms with E-state index in [0.717, 1.165) is 37.1 Å². The van der Waals surface area contributed by atoms with Gasteiger partial charge in [0.1, 0.15) is 11.9 Å². The van der Waals surface area contributed by atoms with E-state index in [1.165, 1.54) is 12.8 Å². The molecule has 3 rings (SSSR count). The van der Waals surface area contributed by atoms with E-state index in [-0.39, 0.29) is 18.1 Å². The molecular formula is C16H23N3O2. The molecule has 0 radical (unpaired) electrons. The van der Waals surface area contributed by atoms with E-state index in [1.807, 2.05) is 17.8 Å². The van der Waals surface area contributed by atoms with Crippen molar-refractivity contribution in [2.24, 2.45) is 7.05 Å². The van der Waals surface area contributed by atoms with Gasteiger partial charge in [-0.1, -0.05) is 12.5 Å². The van der Waals surface area contributed by atoms with E-state index in [1.54, 1.807) is 6.20 Å². The first-order valence-electron chi connectivity index (χ1n) is 7.84. The lowest BCUT2D eigenvalue weighted by molar-refractivity contribution is -0.118. The predicted octanol–water partition coefficient (Wildman–Crippen LogP) is 2.26. The Morgan fingerprint density at radius 3 is 3.14 bits per heavy atom. The lowest BCUT2D eigenvalue weighted by Gasteiger charge is -2.20. The zero-order chi connectivity index (χ0) is 14.7. The molecule has 1 aromatic rings. The van der Waals surface area contributed by atoms with Gasteiger partial charge in [-0.25, -0.2) is 4.98 Å². The first-order chi connectivity index (χ1) is 10.3. The maximum absolute atomic E-state index is 12.4. The third kappa shape index (κ3) is 3.18. The Balaban J connectivity index is 1.67. The highest BCUT2D eigenvalue weighted by molar-refractivity contribution is 5.93. The Bertz CT molecular complexity index is 535. The molecule has 1 fully saturated rings. The van der Waals surface area contributed by atoms with Crippen molar-refractivity contribution in [2.75, 3.05) is 6.61 Å². The Morgan fingerprint density at radius 2 is 2.33 bits per heavy atom. The number of carbonyl (C=O) groups excluding carboxylic acids is 1. The number of amides is 1. The van der Waals surface area contributed by atoms with E-state index in [4.69, 9.17) is 4.74 Å². The molecule has 5 nitrogen and oxygen atoms in total. The van der Waals surface area contributed by atoms with Crippen molar-refractivity contribution in [1.29, 1.82) is 0 Å². The molecule has 0 unspecified atom stereocenters. The second-order valence-electron chi connectivity index (χ2n) is 5.89. The molecule has 0 bridgehead atoms. The molecule has 0 aromatic carbocycles. The van der Waals surface area contributed by atoms with E-state index in [9.17, 15) is 4.79 Å². The number of hydrogen-bond donors (Lipinski definition) is 1. The molecule has 1 N–H and O–H groups in total. The Kier molecular flexibility index (Phi) is 4.39. The number of carbonyl (C=O) groups is 1.